The molecule has 0 aliphatic carbocycles. The molecule has 2 heterocycles. The number of amides is 2. The number of nitrogens with zero attached hydrogens (tertiary/aromatic N) is 3. The number of rotatable bonds is 6. The molecule has 0 fully saturated rings. The molecule has 1 aliphatic heterocycles. The molecule has 3 rings (SSSR count). The zero-order valence-electron chi connectivity index (χ0n) is 16.1. The molecular weight excluding hydrogens is 342 g/mol. The molecule has 1 aromatic heterocycles. The topological polar surface area (TPSA) is 62.7 Å². The molecule has 6 nitrogen and oxygen atoms in total. The van der Waals surface area contributed by atoms with Gasteiger partial charge in [0.05, 0.1) is 12.7 Å². The number of benzene rings is 1. The molecule has 0 saturated heterocycles. The summed E-state index contributed by atoms with van der Waals surface area (Å²) >= 11 is 0. The van der Waals surface area contributed by atoms with Crippen molar-refractivity contribution in [2.75, 3.05) is 32.1 Å². The Kier molecular flexibility index (Phi) is 5.74. The highest BCUT2D eigenvalue weighted by atomic mass is 16.5. The van der Waals surface area contributed by atoms with Gasteiger partial charge in [-0.1, -0.05) is 13.0 Å². The van der Waals surface area contributed by atoms with Crippen LogP contribution in [0.1, 0.15) is 25.3 Å². The van der Waals surface area contributed by atoms with Gasteiger partial charge < -0.3 is 14.5 Å². The van der Waals surface area contributed by atoms with Gasteiger partial charge in [-0.2, -0.15) is 0 Å². The summed E-state index contributed by atoms with van der Waals surface area (Å²) in [7, 11) is 3.59. The van der Waals surface area contributed by atoms with Gasteiger partial charge in [-0.3, -0.25) is 14.6 Å². The summed E-state index contributed by atoms with van der Waals surface area (Å²) in [5.74, 6) is 0.927. The number of carbonyl (C=O) groups is 2. The first-order valence-electron chi connectivity index (χ1n) is 9.21. The summed E-state index contributed by atoms with van der Waals surface area (Å²) < 4.78 is 5.77. The molecule has 6 heteroatoms. The van der Waals surface area contributed by atoms with Gasteiger partial charge in [0.1, 0.15) is 12.4 Å². The standard InChI is InChI=1S/C21H25N3O3/c1-4-20(25)23(2)9-10-27-18-12-17(13-22-14-18)15-5-7-19-16(11-15)6-8-21(26)24(19)3/h5,7,11-14H,4,6,8-10H2,1-3H3. The first-order valence-corrected chi connectivity index (χ1v) is 9.21. The van der Waals surface area contributed by atoms with Crippen molar-refractivity contribution in [1.29, 1.82) is 0 Å². The van der Waals surface area contributed by atoms with E-state index in [-0.39, 0.29) is 11.8 Å². The van der Waals surface area contributed by atoms with Gasteiger partial charge in [0.25, 0.3) is 0 Å². The quantitative estimate of drug-likeness (QED) is 0.788. The van der Waals surface area contributed by atoms with Gasteiger partial charge in [-0.15, -0.1) is 0 Å². The summed E-state index contributed by atoms with van der Waals surface area (Å²) in [6.45, 7) is 2.81. The number of fused-ring (bicyclic) bond motifs is 1. The van der Waals surface area contributed by atoms with Crippen LogP contribution in [0.25, 0.3) is 11.1 Å². The van der Waals surface area contributed by atoms with Gasteiger partial charge in [-0.25, -0.2) is 0 Å². The lowest BCUT2D eigenvalue weighted by Gasteiger charge is -2.26. The van der Waals surface area contributed by atoms with Crippen molar-refractivity contribution in [3.8, 4) is 16.9 Å². The van der Waals surface area contributed by atoms with Crippen molar-refractivity contribution in [2.45, 2.75) is 26.2 Å². The normalized spacial score (nSPS) is 13.3. The second kappa shape index (κ2) is 8.20. The Hall–Kier alpha value is -2.89. The third-order valence-corrected chi connectivity index (χ3v) is 4.89. The van der Waals surface area contributed by atoms with E-state index in [2.05, 4.69) is 11.1 Å². The molecule has 0 atom stereocenters. The van der Waals surface area contributed by atoms with Crippen molar-refractivity contribution < 1.29 is 14.3 Å². The molecule has 0 radical (unpaired) electrons. The number of ether oxygens (including phenoxy) is 1. The van der Waals surface area contributed by atoms with Crippen molar-refractivity contribution >= 4 is 17.5 Å². The third kappa shape index (κ3) is 4.27. The van der Waals surface area contributed by atoms with Gasteiger partial charge in [-0.05, 0) is 35.7 Å². The summed E-state index contributed by atoms with van der Waals surface area (Å²) in [4.78, 5) is 31.1. The van der Waals surface area contributed by atoms with Gasteiger partial charge in [0, 0.05) is 44.4 Å². The Morgan fingerprint density at radius 2 is 2.04 bits per heavy atom. The van der Waals surface area contributed by atoms with Gasteiger partial charge in [0.15, 0.2) is 0 Å². The minimum Gasteiger partial charge on any atom is -0.490 e. The predicted octanol–water partition coefficient (Wildman–Crippen LogP) is 2.90. The molecule has 0 bridgehead atoms. The number of hydrogen-bond donors (Lipinski definition) is 0. The van der Waals surface area contributed by atoms with E-state index in [0.717, 1.165) is 23.2 Å². The highest BCUT2D eigenvalue weighted by Gasteiger charge is 2.21. The second-order valence-electron chi connectivity index (χ2n) is 6.72. The number of aromatic nitrogens is 1. The maximum Gasteiger partial charge on any atom is 0.227 e. The van der Waals surface area contributed by atoms with Crippen LogP contribution in [0.15, 0.2) is 36.7 Å². The van der Waals surface area contributed by atoms with Crippen molar-refractivity contribution in [3.63, 3.8) is 0 Å². The van der Waals surface area contributed by atoms with Crippen LogP contribution < -0.4 is 9.64 Å². The molecule has 2 aromatic rings. The highest BCUT2D eigenvalue weighted by Crippen LogP contribution is 2.32. The van der Waals surface area contributed by atoms with Gasteiger partial charge in [0.2, 0.25) is 11.8 Å². The van der Waals surface area contributed by atoms with E-state index in [1.807, 2.05) is 32.2 Å². The van der Waals surface area contributed by atoms with Crippen LogP contribution >= 0.6 is 0 Å². The van der Waals surface area contributed by atoms with Crippen LogP contribution in [0.5, 0.6) is 5.75 Å². The van der Waals surface area contributed by atoms with Crippen LogP contribution in [-0.2, 0) is 16.0 Å². The van der Waals surface area contributed by atoms with Gasteiger partial charge >= 0.3 is 0 Å². The van der Waals surface area contributed by atoms with E-state index < -0.39 is 0 Å². The zero-order chi connectivity index (χ0) is 19.4. The molecule has 0 unspecified atom stereocenters. The summed E-state index contributed by atoms with van der Waals surface area (Å²) in [6, 6.07) is 8.06. The molecule has 1 aliphatic rings. The fourth-order valence-corrected chi connectivity index (χ4v) is 3.19. The van der Waals surface area contributed by atoms with E-state index in [9.17, 15) is 9.59 Å². The maximum absolute atomic E-state index is 11.8. The van der Waals surface area contributed by atoms with E-state index in [1.165, 1.54) is 5.56 Å². The second-order valence-corrected chi connectivity index (χ2v) is 6.72. The minimum absolute atomic E-state index is 0.1000. The Labute approximate surface area is 159 Å². The third-order valence-electron chi connectivity index (χ3n) is 4.89. The Morgan fingerprint density at radius 3 is 2.81 bits per heavy atom. The fraction of sp³-hybridized carbons (Fsp3) is 0.381. The molecular formula is C21H25N3O3. The lowest BCUT2D eigenvalue weighted by atomic mass is 9.97. The molecule has 0 saturated carbocycles. The maximum atomic E-state index is 11.8. The van der Waals surface area contributed by atoms with Crippen LogP contribution in [-0.4, -0.2) is 48.9 Å². The fourth-order valence-electron chi connectivity index (χ4n) is 3.19. The van der Waals surface area contributed by atoms with E-state index in [1.54, 1.807) is 29.2 Å². The van der Waals surface area contributed by atoms with Crippen molar-refractivity contribution in [2.24, 2.45) is 0 Å². The van der Waals surface area contributed by atoms with Crippen LogP contribution in [0.3, 0.4) is 0 Å². The minimum atomic E-state index is 0.1000. The van der Waals surface area contributed by atoms with Crippen LogP contribution in [0.2, 0.25) is 0 Å². The lowest BCUT2D eigenvalue weighted by Crippen LogP contribution is -2.30. The lowest BCUT2D eigenvalue weighted by molar-refractivity contribution is -0.129. The summed E-state index contributed by atoms with van der Waals surface area (Å²) in [5, 5.41) is 0. The predicted molar refractivity (Wildman–Crippen MR) is 105 cm³/mol. The van der Waals surface area contributed by atoms with Crippen molar-refractivity contribution in [3.05, 3.63) is 42.2 Å². The molecule has 2 amide bonds. The van der Waals surface area contributed by atoms with E-state index in [4.69, 9.17) is 4.74 Å². The average Bonchev–Trinajstić information content (AvgIpc) is 2.70. The number of anilines is 1. The Balaban J connectivity index is 1.71. The van der Waals surface area contributed by atoms with Crippen molar-refractivity contribution in [1.82, 2.24) is 9.88 Å². The first-order chi connectivity index (χ1) is 13.0. The smallest absolute Gasteiger partial charge is 0.227 e. The van der Waals surface area contributed by atoms with E-state index >= 15 is 0 Å². The summed E-state index contributed by atoms with van der Waals surface area (Å²) in [5.41, 5.74) is 4.15. The molecule has 27 heavy (non-hydrogen) atoms. The molecule has 0 N–H and O–H groups in total. The van der Waals surface area contributed by atoms with E-state index in [0.29, 0.717) is 31.7 Å². The number of aryl methyl sites for hydroxylation is 1. The highest BCUT2D eigenvalue weighted by molar-refractivity contribution is 5.96. The van der Waals surface area contributed by atoms with Crippen LogP contribution in [0.4, 0.5) is 5.69 Å². The average molecular weight is 367 g/mol. The number of hydrogen-bond acceptors (Lipinski definition) is 4. The molecule has 142 valence electrons. The largest absolute Gasteiger partial charge is 0.490 e. The Bertz CT molecular complexity index is 850. The SMILES string of the molecule is CCC(=O)N(C)CCOc1cncc(-c2ccc3c(c2)CCC(=O)N3C)c1. The number of likely N-dealkylation sites (N-methyl/N-ethyl adjacent to an activating group) is 1. The Morgan fingerprint density at radius 1 is 1.22 bits per heavy atom. The molecule has 0 spiro atoms. The number of carbonyl (C=O) groups excluding carboxylic acids is 2. The number of pyridine rings is 1. The monoisotopic (exact) mass is 367 g/mol. The van der Waals surface area contributed by atoms with Crippen LogP contribution in [0, 0.1) is 0 Å². The molecule has 1 aromatic carbocycles. The first kappa shape index (κ1) is 18.9. The summed E-state index contributed by atoms with van der Waals surface area (Å²) in [6.07, 6.45) is 5.27. The zero-order valence-corrected chi connectivity index (χ0v) is 16.1.